The summed E-state index contributed by atoms with van der Waals surface area (Å²) in [4.78, 5) is 4.53. The Hall–Kier alpha value is -2.39. The number of aromatic nitrogens is 3. The Labute approximate surface area is 141 Å². The van der Waals surface area contributed by atoms with Crippen LogP contribution in [0.25, 0.3) is 11.1 Å². The van der Waals surface area contributed by atoms with Crippen LogP contribution in [0, 0.1) is 18.3 Å². The summed E-state index contributed by atoms with van der Waals surface area (Å²) in [5, 5.41) is 23.3. The Bertz CT molecular complexity index is 788. The second kappa shape index (κ2) is 7.02. The fourth-order valence-electron chi connectivity index (χ4n) is 3.51. The van der Waals surface area contributed by atoms with Crippen molar-refractivity contribution in [3.63, 3.8) is 0 Å². The monoisotopic (exact) mass is 325 g/mol. The molecule has 0 fully saturated rings. The lowest BCUT2D eigenvalue weighted by Gasteiger charge is -2.19. The van der Waals surface area contributed by atoms with Crippen molar-refractivity contribution in [1.29, 1.82) is 5.26 Å². The Morgan fingerprint density at radius 2 is 2.04 bits per heavy atom. The van der Waals surface area contributed by atoms with Crippen LogP contribution in [0.2, 0.25) is 0 Å². The van der Waals surface area contributed by atoms with Gasteiger partial charge in [-0.05, 0) is 38.2 Å². The smallest absolute Gasteiger partial charge is 0.142 e. The fourth-order valence-corrected chi connectivity index (χ4v) is 3.51. The second-order valence-corrected chi connectivity index (χ2v) is 6.31. The first-order chi connectivity index (χ1) is 11.7. The molecule has 6 heteroatoms. The van der Waals surface area contributed by atoms with E-state index in [0.717, 1.165) is 53.8 Å². The van der Waals surface area contributed by atoms with Gasteiger partial charge in [-0.1, -0.05) is 12.8 Å². The van der Waals surface area contributed by atoms with E-state index in [1.54, 1.807) is 4.68 Å². The summed E-state index contributed by atoms with van der Waals surface area (Å²) < 4.78 is 1.72. The minimum Gasteiger partial charge on any atom is -0.394 e. The number of aliphatic hydroxyl groups excluding tert-OH is 1. The molecule has 0 atom stereocenters. The van der Waals surface area contributed by atoms with Crippen LogP contribution in [-0.4, -0.2) is 26.5 Å². The molecule has 2 heterocycles. The highest BCUT2D eigenvalue weighted by Crippen LogP contribution is 2.36. The number of nitrogens with two attached hydrogens (primary N) is 1. The molecule has 0 amide bonds. The molecule has 0 saturated heterocycles. The Kier molecular flexibility index (Phi) is 4.81. The van der Waals surface area contributed by atoms with Gasteiger partial charge in [0.15, 0.2) is 0 Å². The van der Waals surface area contributed by atoms with Gasteiger partial charge in [0.1, 0.15) is 17.5 Å². The van der Waals surface area contributed by atoms with Crippen molar-refractivity contribution in [2.24, 2.45) is 0 Å². The lowest BCUT2D eigenvalue weighted by Crippen LogP contribution is -2.10. The molecule has 0 unspecified atom stereocenters. The molecular formula is C18H23N5O. The highest BCUT2D eigenvalue weighted by Gasteiger charge is 2.23. The van der Waals surface area contributed by atoms with E-state index in [2.05, 4.69) is 16.2 Å². The van der Waals surface area contributed by atoms with Crippen molar-refractivity contribution in [1.82, 2.24) is 14.8 Å². The molecule has 0 aliphatic heterocycles. The van der Waals surface area contributed by atoms with E-state index in [9.17, 15) is 5.26 Å². The van der Waals surface area contributed by atoms with Crippen molar-refractivity contribution >= 4 is 5.82 Å². The van der Waals surface area contributed by atoms with Crippen molar-refractivity contribution in [3.8, 4) is 17.2 Å². The van der Waals surface area contributed by atoms with Gasteiger partial charge in [0.25, 0.3) is 0 Å². The molecule has 126 valence electrons. The van der Waals surface area contributed by atoms with Crippen molar-refractivity contribution in [2.45, 2.75) is 52.0 Å². The van der Waals surface area contributed by atoms with E-state index in [1.165, 1.54) is 12.8 Å². The average molecular weight is 325 g/mol. The number of anilines is 1. The highest BCUT2D eigenvalue weighted by atomic mass is 16.3. The summed E-state index contributed by atoms with van der Waals surface area (Å²) in [5.74, 6) is 0.307. The van der Waals surface area contributed by atoms with E-state index < -0.39 is 0 Å². The minimum atomic E-state index is 0.0300. The van der Waals surface area contributed by atoms with Gasteiger partial charge >= 0.3 is 0 Å². The molecule has 0 aromatic carbocycles. The standard InChI is InChI=1S/C18H23N5O/c1-12-15(11-23(22-12)8-9-24)17-13-6-4-2-3-5-7-16(13)21-18(20)14(17)10-19/h11,24H,2-9H2,1H3,(H2,20,21). The zero-order valence-corrected chi connectivity index (χ0v) is 14.0. The predicted octanol–water partition coefficient (Wildman–Crippen LogP) is 2.36. The van der Waals surface area contributed by atoms with E-state index in [-0.39, 0.29) is 6.61 Å². The molecule has 3 N–H and O–H groups in total. The molecule has 6 nitrogen and oxygen atoms in total. The number of hydrogen-bond donors (Lipinski definition) is 2. The summed E-state index contributed by atoms with van der Waals surface area (Å²) in [7, 11) is 0. The number of pyridine rings is 1. The number of fused-ring (bicyclic) bond motifs is 1. The largest absolute Gasteiger partial charge is 0.394 e. The third kappa shape index (κ3) is 3.00. The molecular weight excluding hydrogens is 302 g/mol. The molecule has 0 radical (unpaired) electrons. The molecule has 0 bridgehead atoms. The lowest BCUT2D eigenvalue weighted by atomic mass is 9.88. The Balaban J connectivity index is 2.23. The highest BCUT2D eigenvalue weighted by molar-refractivity contribution is 5.80. The third-order valence-electron chi connectivity index (χ3n) is 4.66. The number of aryl methyl sites for hydroxylation is 2. The molecule has 1 aliphatic carbocycles. The number of nitrogens with zero attached hydrogens (tertiary/aromatic N) is 4. The summed E-state index contributed by atoms with van der Waals surface area (Å²) in [5.41, 5.74) is 11.4. The minimum absolute atomic E-state index is 0.0300. The first-order valence-corrected chi connectivity index (χ1v) is 8.52. The number of hydrogen-bond acceptors (Lipinski definition) is 5. The number of nitrogen functional groups attached to an aromatic ring is 1. The summed E-state index contributed by atoms with van der Waals surface area (Å²) in [6.07, 6.45) is 8.34. The van der Waals surface area contributed by atoms with E-state index >= 15 is 0 Å². The van der Waals surface area contributed by atoms with Crippen LogP contribution >= 0.6 is 0 Å². The molecule has 3 rings (SSSR count). The quantitative estimate of drug-likeness (QED) is 0.902. The fraction of sp³-hybridized carbons (Fsp3) is 0.500. The van der Waals surface area contributed by atoms with Crippen LogP contribution < -0.4 is 5.73 Å². The van der Waals surface area contributed by atoms with Crippen LogP contribution in [-0.2, 0) is 19.4 Å². The molecule has 24 heavy (non-hydrogen) atoms. The van der Waals surface area contributed by atoms with Gasteiger partial charge in [0.2, 0.25) is 0 Å². The van der Waals surface area contributed by atoms with Crippen LogP contribution in [0.5, 0.6) is 0 Å². The summed E-state index contributed by atoms with van der Waals surface area (Å²) >= 11 is 0. The zero-order chi connectivity index (χ0) is 17.1. The number of rotatable bonds is 3. The molecule has 0 saturated carbocycles. The Morgan fingerprint density at radius 1 is 1.29 bits per heavy atom. The lowest BCUT2D eigenvalue weighted by molar-refractivity contribution is 0.269. The van der Waals surface area contributed by atoms with Gasteiger partial charge in [-0.3, -0.25) is 4.68 Å². The maximum atomic E-state index is 9.65. The maximum Gasteiger partial charge on any atom is 0.142 e. The van der Waals surface area contributed by atoms with Crippen LogP contribution in [0.1, 0.15) is 48.2 Å². The normalized spacial score (nSPS) is 14.5. The zero-order valence-electron chi connectivity index (χ0n) is 14.0. The Morgan fingerprint density at radius 3 is 2.75 bits per heavy atom. The summed E-state index contributed by atoms with van der Waals surface area (Å²) in [6.45, 7) is 2.39. The molecule has 2 aromatic heterocycles. The van der Waals surface area contributed by atoms with Gasteiger partial charge in [-0.2, -0.15) is 10.4 Å². The first kappa shape index (κ1) is 16.5. The van der Waals surface area contributed by atoms with E-state index in [1.807, 2.05) is 13.1 Å². The topological polar surface area (TPSA) is 101 Å². The molecule has 1 aliphatic rings. The SMILES string of the molecule is Cc1nn(CCO)cc1-c1c(C#N)c(N)nc2c1CCCCCC2. The first-order valence-electron chi connectivity index (χ1n) is 8.52. The van der Waals surface area contributed by atoms with Gasteiger partial charge in [-0.15, -0.1) is 0 Å². The van der Waals surface area contributed by atoms with Gasteiger partial charge in [0, 0.05) is 23.0 Å². The average Bonchev–Trinajstić information content (AvgIpc) is 2.89. The predicted molar refractivity (Wildman–Crippen MR) is 92.3 cm³/mol. The summed E-state index contributed by atoms with van der Waals surface area (Å²) in [6, 6.07) is 2.24. The van der Waals surface area contributed by atoms with Crippen molar-refractivity contribution < 1.29 is 5.11 Å². The van der Waals surface area contributed by atoms with Crippen LogP contribution in [0.3, 0.4) is 0 Å². The second-order valence-electron chi connectivity index (χ2n) is 6.31. The third-order valence-corrected chi connectivity index (χ3v) is 4.66. The maximum absolute atomic E-state index is 9.65. The van der Waals surface area contributed by atoms with E-state index in [0.29, 0.717) is 17.9 Å². The van der Waals surface area contributed by atoms with Crippen molar-refractivity contribution in [2.75, 3.05) is 12.3 Å². The number of aliphatic hydroxyl groups is 1. The van der Waals surface area contributed by atoms with Gasteiger partial charge < -0.3 is 10.8 Å². The van der Waals surface area contributed by atoms with Crippen LogP contribution in [0.15, 0.2) is 6.20 Å². The molecule has 0 spiro atoms. The van der Waals surface area contributed by atoms with Crippen LogP contribution in [0.4, 0.5) is 5.82 Å². The van der Waals surface area contributed by atoms with Gasteiger partial charge in [-0.25, -0.2) is 4.98 Å². The van der Waals surface area contributed by atoms with Gasteiger partial charge in [0.05, 0.1) is 18.8 Å². The van der Waals surface area contributed by atoms with E-state index in [4.69, 9.17) is 10.8 Å². The molecule has 2 aromatic rings. The van der Waals surface area contributed by atoms with Crippen molar-refractivity contribution in [3.05, 3.63) is 28.7 Å². The number of nitriles is 1.